The van der Waals surface area contributed by atoms with Crippen molar-refractivity contribution in [2.45, 2.75) is 31.5 Å². The average Bonchev–Trinajstić information content (AvgIpc) is 3.16. The molecule has 2 N–H and O–H groups in total. The van der Waals surface area contributed by atoms with Crippen LogP contribution in [0.3, 0.4) is 0 Å². The molecular weight excluding hydrogens is 314 g/mol. The van der Waals surface area contributed by atoms with Crippen molar-refractivity contribution in [1.82, 2.24) is 25.3 Å². The second-order valence-electron chi connectivity index (χ2n) is 6.92. The summed E-state index contributed by atoms with van der Waals surface area (Å²) in [6.45, 7) is 3.05. The predicted molar refractivity (Wildman–Crippen MR) is 98.0 cm³/mol. The topological polar surface area (TPSA) is 62.2 Å². The molecule has 3 rings (SSSR count). The third kappa shape index (κ3) is 3.91. The van der Waals surface area contributed by atoms with Gasteiger partial charge in [-0.25, -0.2) is 0 Å². The lowest BCUT2D eigenvalue weighted by Crippen LogP contribution is -2.54. The highest BCUT2D eigenvalue weighted by Crippen LogP contribution is 2.27. The number of carbonyl (C=O) groups is 1. The second-order valence-corrected chi connectivity index (χ2v) is 6.92. The van der Waals surface area contributed by atoms with E-state index in [1.807, 2.05) is 29.1 Å². The summed E-state index contributed by atoms with van der Waals surface area (Å²) in [7, 11) is 4.11. The van der Waals surface area contributed by atoms with E-state index in [0.717, 1.165) is 38.0 Å². The fourth-order valence-corrected chi connectivity index (χ4v) is 3.49. The first-order valence-corrected chi connectivity index (χ1v) is 8.82. The molecule has 6 nitrogen and oxygen atoms in total. The van der Waals surface area contributed by atoms with E-state index in [9.17, 15) is 4.79 Å². The van der Waals surface area contributed by atoms with Gasteiger partial charge in [-0.15, -0.1) is 0 Å². The summed E-state index contributed by atoms with van der Waals surface area (Å²) in [6, 6.07) is 10.2. The standard InChI is InChI=1S/C19H27N5O/c1-23(2)15-17-7-4-3-6-16(17)14-21-18(25)19(8-11-20-12-9-19)24-13-5-10-22-24/h3-7,10,13,20H,8-9,11-12,14-15H2,1-2H3,(H,21,25). The van der Waals surface area contributed by atoms with Crippen molar-refractivity contribution in [2.24, 2.45) is 0 Å². The third-order valence-corrected chi connectivity index (χ3v) is 4.84. The monoisotopic (exact) mass is 341 g/mol. The van der Waals surface area contributed by atoms with Gasteiger partial charge in [-0.05, 0) is 57.2 Å². The van der Waals surface area contributed by atoms with Gasteiger partial charge in [-0.2, -0.15) is 5.10 Å². The number of piperidine rings is 1. The summed E-state index contributed by atoms with van der Waals surface area (Å²) in [4.78, 5) is 15.3. The molecule has 2 heterocycles. The zero-order valence-corrected chi connectivity index (χ0v) is 15.0. The summed E-state index contributed by atoms with van der Waals surface area (Å²) >= 11 is 0. The van der Waals surface area contributed by atoms with E-state index in [0.29, 0.717) is 6.54 Å². The van der Waals surface area contributed by atoms with Gasteiger partial charge in [0.05, 0.1) is 0 Å². The van der Waals surface area contributed by atoms with Crippen molar-refractivity contribution >= 4 is 5.91 Å². The van der Waals surface area contributed by atoms with E-state index < -0.39 is 5.54 Å². The Labute approximate surface area is 149 Å². The van der Waals surface area contributed by atoms with Crippen LogP contribution in [-0.2, 0) is 23.4 Å². The number of aromatic nitrogens is 2. The maximum Gasteiger partial charge on any atom is 0.248 e. The third-order valence-electron chi connectivity index (χ3n) is 4.84. The van der Waals surface area contributed by atoms with Gasteiger partial charge < -0.3 is 15.5 Å². The molecule has 0 spiro atoms. The van der Waals surface area contributed by atoms with Crippen LogP contribution in [-0.4, -0.2) is 47.8 Å². The molecule has 134 valence electrons. The Morgan fingerprint density at radius 3 is 2.60 bits per heavy atom. The molecule has 1 fully saturated rings. The van der Waals surface area contributed by atoms with Crippen molar-refractivity contribution in [3.8, 4) is 0 Å². The van der Waals surface area contributed by atoms with Crippen LogP contribution in [0.4, 0.5) is 0 Å². The van der Waals surface area contributed by atoms with E-state index in [1.54, 1.807) is 6.20 Å². The highest BCUT2D eigenvalue weighted by atomic mass is 16.2. The smallest absolute Gasteiger partial charge is 0.248 e. The Morgan fingerprint density at radius 1 is 1.24 bits per heavy atom. The number of hydrogen-bond acceptors (Lipinski definition) is 4. The predicted octanol–water partition coefficient (Wildman–Crippen LogP) is 1.34. The van der Waals surface area contributed by atoms with Crippen LogP contribution >= 0.6 is 0 Å². The van der Waals surface area contributed by atoms with E-state index >= 15 is 0 Å². The van der Waals surface area contributed by atoms with E-state index in [4.69, 9.17) is 0 Å². The SMILES string of the molecule is CN(C)Cc1ccccc1CNC(=O)C1(n2cccn2)CCNCC1. The number of carbonyl (C=O) groups excluding carboxylic acids is 1. The quantitative estimate of drug-likeness (QED) is 0.832. The number of amides is 1. The second kappa shape index (κ2) is 7.80. The highest BCUT2D eigenvalue weighted by Gasteiger charge is 2.41. The number of nitrogens with zero attached hydrogens (tertiary/aromatic N) is 3. The minimum atomic E-state index is -0.592. The van der Waals surface area contributed by atoms with Crippen molar-refractivity contribution in [3.05, 3.63) is 53.9 Å². The lowest BCUT2D eigenvalue weighted by atomic mass is 9.87. The fourth-order valence-electron chi connectivity index (χ4n) is 3.49. The van der Waals surface area contributed by atoms with Crippen LogP contribution in [0.25, 0.3) is 0 Å². The summed E-state index contributed by atoms with van der Waals surface area (Å²) in [6.07, 6.45) is 5.13. The van der Waals surface area contributed by atoms with Gasteiger partial charge in [0.1, 0.15) is 5.54 Å². The van der Waals surface area contributed by atoms with Crippen LogP contribution < -0.4 is 10.6 Å². The van der Waals surface area contributed by atoms with Crippen molar-refractivity contribution in [1.29, 1.82) is 0 Å². The fraction of sp³-hybridized carbons (Fsp3) is 0.474. The lowest BCUT2D eigenvalue weighted by molar-refractivity contribution is -0.132. The molecule has 1 aliphatic heterocycles. The first kappa shape index (κ1) is 17.6. The number of hydrogen-bond donors (Lipinski definition) is 2. The number of rotatable bonds is 6. The summed E-state index contributed by atoms with van der Waals surface area (Å²) < 4.78 is 1.83. The molecule has 1 aromatic heterocycles. The highest BCUT2D eigenvalue weighted by molar-refractivity contribution is 5.84. The van der Waals surface area contributed by atoms with Gasteiger partial charge >= 0.3 is 0 Å². The largest absolute Gasteiger partial charge is 0.350 e. The van der Waals surface area contributed by atoms with Crippen molar-refractivity contribution in [2.75, 3.05) is 27.2 Å². The van der Waals surface area contributed by atoms with Crippen LogP contribution in [0.5, 0.6) is 0 Å². The molecule has 0 bridgehead atoms. The summed E-state index contributed by atoms with van der Waals surface area (Å²) in [5, 5.41) is 10.9. The van der Waals surface area contributed by atoms with Gasteiger partial charge in [0.2, 0.25) is 5.91 Å². The Kier molecular flexibility index (Phi) is 5.50. The first-order valence-electron chi connectivity index (χ1n) is 8.82. The molecule has 25 heavy (non-hydrogen) atoms. The Morgan fingerprint density at radius 2 is 1.96 bits per heavy atom. The molecule has 1 amide bonds. The van der Waals surface area contributed by atoms with Crippen molar-refractivity contribution in [3.63, 3.8) is 0 Å². The van der Waals surface area contributed by atoms with Gasteiger partial charge in [-0.1, -0.05) is 24.3 Å². The number of benzene rings is 1. The van der Waals surface area contributed by atoms with Gasteiger partial charge in [-0.3, -0.25) is 9.48 Å². The average molecular weight is 341 g/mol. The molecule has 0 unspecified atom stereocenters. The zero-order valence-electron chi connectivity index (χ0n) is 15.0. The van der Waals surface area contributed by atoms with Crippen LogP contribution in [0.2, 0.25) is 0 Å². The zero-order chi connectivity index (χ0) is 17.7. The Bertz CT molecular complexity index is 690. The van der Waals surface area contributed by atoms with Crippen molar-refractivity contribution < 1.29 is 4.79 Å². The van der Waals surface area contributed by atoms with Gasteiger partial charge in [0.15, 0.2) is 0 Å². The number of nitrogens with one attached hydrogen (secondary N) is 2. The van der Waals surface area contributed by atoms with Gasteiger partial charge in [0.25, 0.3) is 0 Å². The van der Waals surface area contributed by atoms with E-state index in [2.05, 4.69) is 46.9 Å². The molecule has 1 saturated heterocycles. The molecule has 0 saturated carbocycles. The lowest BCUT2D eigenvalue weighted by Gasteiger charge is -2.36. The molecule has 0 radical (unpaired) electrons. The first-order chi connectivity index (χ1) is 12.1. The molecule has 2 aromatic rings. The Hall–Kier alpha value is -2.18. The van der Waals surface area contributed by atoms with Crippen LogP contribution in [0.1, 0.15) is 24.0 Å². The molecule has 1 aromatic carbocycles. The minimum Gasteiger partial charge on any atom is -0.350 e. The summed E-state index contributed by atoms with van der Waals surface area (Å²) in [5.74, 6) is 0.0531. The van der Waals surface area contributed by atoms with Crippen LogP contribution in [0, 0.1) is 0 Å². The van der Waals surface area contributed by atoms with E-state index in [-0.39, 0.29) is 5.91 Å². The normalized spacial score (nSPS) is 16.8. The van der Waals surface area contributed by atoms with Gasteiger partial charge in [0, 0.05) is 25.5 Å². The molecule has 6 heteroatoms. The minimum absolute atomic E-state index is 0.0531. The summed E-state index contributed by atoms with van der Waals surface area (Å²) in [5.41, 5.74) is 1.81. The maximum atomic E-state index is 13.1. The Balaban J connectivity index is 1.75. The molecule has 1 aliphatic rings. The molecule has 0 aliphatic carbocycles. The maximum absolute atomic E-state index is 13.1. The molecule has 0 atom stereocenters. The molecular formula is C19H27N5O. The van der Waals surface area contributed by atoms with Crippen LogP contribution in [0.15, 0.2) is 42.7 Å². The van der Waals surface area contributed by atoms with E-state index in [1.165, 1.54) is 5.56 Å².